The first kappa shape index (κ1) is 17.0. The molecule has 7 heteroatoms. The third kappa shape index (κ3) is 3.34. The molecular formula is C13H19FN2O2S2. The Morgan fingerprint density at radius 3 is 2.50 bits per heavy atom. The van der Waals surface area contributed by atoms with Gasteiger partial charge in [0, 0.05) is 12.6 Å². The zero-order chi connectivity index (χ0) is 15.5. The average molecular weight is 318 g/mol. The van der Waals surface area contributed by atoms with Gasteiger partial charge in [0.15, 0.2) is 0 Å². The lowest BCUT2D eigenvalue weighted by molar-refractivity contribution is 0.354. The van der Waals surface area contributed by atoms with E-state index in [-0.39, 0.29) is 21.5 Å². The molecule has 0 saturated carbocycles. The number of thiocarbonyl (C=S) groups is 1. The fourth-order valence-corrected chi connectivity index (χ4v) is 4.18. The smallest absolute Gasteiger partial charge is 0.244 e. The van der Waals surface area contributed by atoms with Gasteiger partial charge in [0.2, 0.25) is 10.0 Å². The Balaban J connectivity index is 3.49. The van der Waals surface area contributed by atoms with E-state index in [2.05, 4.69) is 0 Å². The van der Waals surface area contributed by atoms with Crippen molar-refractivity contribution in [2.75, 3.05) is 6.54 Å². The van der Waals surface area contributed by atoms with Crippen LogP contribution in [0.5, 0.6) is 0 Å². The fraction of sp³-hybridized carbons (Fsp3) is 0.462. The van der Waals surface area contributed by atoms with E-state index in [0.29, 0.717) is 13.0 Å². The molecule has 0 heterocycles. The van der Waals surface area contributed by atoms with Gasteiger partial charge >= 0.3 is 0 Å². The van der Waals surface area contributed by atoms with Crippen molar-refractivity contribution in [3.05, 3.63) is 29.6 Å². The Hall–Kier alpha value is -1.05. The molecule has 1 aromatic rings. The number of halogens is 1. The molecular weight excluding hydrogens is 299 g/mol. The highest BCUT2D eigenvalue weighted by molar-refractivity contribution is 7.89. The molecule has 1 rings (SSSR count). The molecule has 0 radical (unpaired) electrons. The number of nitrogens with two attached hydrogens (primary N) is 1. The maximum Gasteiger partial charge on any atom is 0.244 e. The topological polar surface area (TPSA) is 63.4 Å². The molecule has 0 atom stereocenters. The van der Waals surface area contributed by atoms with Gasteiger partial charge in [0.1, 0.15) is 10.8 Å². The van der Waals surface area contributed by atoms with Crippen molar-refractivity contribution in [2.24, 2.45) is 5.73 Å². The molecule has 0 aromatic heterocycles. The van der Waals surface area contributed by atoms with Gasteiger partial charge in [0.25, 0.3) is 0 Å². The van der Waals surface area contributed by atoms with Crippen LogP contribution in [0.3, 0.4) is 0 Å². The van der Waals surface area contributed by atoms with Crippen LogP contribution >= 0.6 is 12.2 Å². The number of nitrogens with zero attached hydrogens (tertiary/aromatic N) is 1. The summed E-state index contributed by atoms with van der Waals surface area (Å²) in [5.41, 5.74) is 5.25. The van der Waals surface area contributed by atoms with Gasteiger partial charge in [-0.25, -0.2) is 12.8 Å². The van der Waals surface area contributed by atoms with Crippen molar-refractivity contribution in [1.29, 1.82) is 0 Å². The third-order valence-electron chi connectivity index (χ3n) is 2.83. The summed E-state index contributed by atoms with van der Waals surface area (Å²) >= 11 is 4.78. The number of benzene rings is 1. The minimum atomic E-state index is -3.83. The number of rotatable bonds is 6. The standard InChI is InChI=1S/C13H19FN2O2S2/c1-4-8-16(9(2)3)20(17,18)11-7-5-6-10(14)12(11)13(15)19/h5-7,9H,4,8H2,1-3H3,(H2,15,19). The van der Waals surface area contributed by atoms with E-state index in [9.17, 15) is 12.8 Å². The summed E-state index contributed by atoms with van der Waals surface area (Å²) in [6.07, 6.45) is 0.662. The zero-order valence-electron chi connectivity index (χ0n) is 11.8. The molecule has 0 aliphatic rings. The quantitative estimate of drug-likeness (QED) is 0.817. The Bertz CT molecular complexity index is 600. The average Bonchev–Trinajstić information content (AvgIpc) is 2.34. The summed E-state index contributed by atoms with van der Waals surface area (Å²) < 4.78 is 40.5. The molecule has 0 aliphatic heterocycles. The molecule has 1 aromatic carbocycles. The lowest BCUT2D eigenvalue weighted by atomic mass is 10.2. The van der Waals surface area contributed by atoms with Crippen LogP contribution in [-0.4, -0.2) is 30.3 Å². The van der Waals surface area contributed by atoms with E-state index in [0.717, 1.165) is 6.07 Å². The number of hydrogen-bond acceptors (Lipinski definition) is 3. The van der Waals surface area contributed by atoms with E-state index in [1.54, 1.807) is 13.8 Å². The Morgan fingerprint density at radius 2 is 2.05 bits per heavy atom. The SMILES string of the molecule is CCCN(C(C)C)S(=O)(=O)c1cccc(F)c1C(N)=S. The van der Waals surface area contributed by atoms with E-state index >= 15 is 0 Å². The molecule has 112 valence electrons. The summed E-state index contributed by atoms with van der Waals surface area (Å²) in [7, 11) is -3.83. The summed E-state index contributed by atoms with van der Waals surface area (Å²) in [5, 5.41) is 0. The Morgan fingerprint density at radius 1 is 1.45 bits per heavy atom. The van der Waals surface area contributed by atoms with Crippen molar-refractivity contribution in [2.45, 2.75) is 38.1 Å². The second-order valence-corrected chi connectivity index (χ2v) is 6.99. The molecule has 0 fully saturated rings. The highest BCUT2D eigenvalue weighted by Crippen LogP contribution is 2.24. The molecule has 0 amide bonds. The van der Waals surface area contributed by atoms with Crippen LogP contribution in [0.2, 0.25) is 0 Å². The first-order valence-electron chi connectivity index (χ1n) is 6.33. The molecule has 20 heavy (non-hydrogen) atoms. The lowest BCUT2D eigenvalue weighted by Gasteiger charge is -2.26. The van der Waals surface area contributed by atoms with E-state index in [1.807, 2.05) is 6.92 Å². The van der Waals surface area contributed by atoms with Crippen LogP contribution in [-0.2, 0) is 10.0 Å². The summed E-state index contributed by atoms with van der Waals surface area (Å²) in [6.45, 7) is 5.78. The summed E-state index contributed by atoms with van der Waals surface area (Å²) in [5.74, 6) is -0.723. The highest BCUT2D eigenvalue weighted by atomic mass is 32.2. The van der Waals surface area contributed by atoms with Gasteiger partial charge in [-0.15, -0.1) is 0 Å². The van der Waals surface area contributed by atoms with E-state index < -0.39 is 15.8 Å². The van der Waals surface area contributed by atoms with Gasteiger partial charge in [-0.05, 0) is 32.4 Å². The van der Waals surface area contributed by atoms with Crippen LogP contribution in [0.15, 0.2) is 23.1 Å². The van der Waals surface area contributed by atoms with Crippen LogP contribution in [0.25, 0.3) is 0 Å². The van der Waals surface area contributed by atoms with E-state index in [4.69, 9.17) is 18.0 Å². The van der Waals surface area contributed by atoms with Gasteiger partial charge < -0.3 is 5.73 Å². The minimum absolute atomic E-state index is 0.174. The van der Waals surface area contributed by atoms with Gasteiger partial charge in [0.05, 0.1) is 10.5 Å². The highest BCUT2D eigenvalue weighted by Gasteiger charge is 2.30. The zero-order valence-corrected chi connectivity index (χ0v) is 13.4. The molecule has 4 nitrogen and oxygen atoms in total. The molecule has 0 spiro atoms. The Labute approximate surface area is 124 Å². The minimum Gasteiger partial charge on any atom is -0.389 e. The van der Waals surface area contributed by atoms with Crippen LogP contribution in [0, 0.1) is 5.82 Å². The van der Waals surface area contributed by atoms with Gasteiger partial charge in [-0.2, -0.15) is 4.31 Å². The second kappa shape index (κ2) is 6.60. The predicted octanol–water partition coefficient (Wildman–Crippen LogP) is 2.27. The van der Waals surface area contributed by atoms with Crippen molar-refractivity contribution in [3.63, 3.8) is 0 Å². The third-order valence-corrected chi connectivity index (χ3v) is 5.15. The van der Waals surface area contributed by atoms with Gasteiger partial charge in [-0.3, -0.25) is 0 Å². The first-order valence-corrected chi connectivity index (χ1v) is 8.18. The Kier molecular flexibility index (Phi) is 5.61. The maximum atomic E-state index is 13.8. The van der Waals surface area contributed by atoms with Gasteiger partial charge in [-0.1, -0.05) is 25.2 Å². The molecule has 0 aliphatic carbocycles. The lowest BCUT2D eigenvalue weighted by Crippen LogP contribution is -2.38. The summed E-state index contributed by atoms with van der Waals surface area (Å²) in [4.78, 5) is -0.436. The predicted molar refractivity (Wildman–Crippen MR) is 81.6 cm³/mol. The number of hydrogen-bond donors (Lipinski definition) is 1. The molecule has 2 N–H and O–H groups in total. The van der Waals surface area contributed by atoms with Crippen molar-refractivity contribution in [3.8, 4) is 0 Å². The molecule has 0 unspecified atom stereocenters. The second-order valence-electron chi connectivity index (χ2n) is 4.69. The van der Waals surface area contributed by atoms with Crippen molar-refractivity contribution < 1.29 is 12.8 Å². The normalized spacial score (nSPS) is 12.1. The molecule has 0 saturated heterocycles. The number of sulfonamides is 1. The van der Waals surface area contributed by atoms with E-state index in [1.165, 1.54) is 16.4 Å². The largest absolute Gasteiger partial charge is 0.389 e. The maximum absolute atomic E-state index is 13.8. The fourth-order valence-electron chi connectivity index (χ4n) is 1.96. The monoisotopic (exact) mass is 318 g/mol. The van der Waals surface area contributed by atoms with Crippen LogP contribution in [0.4, 0.5) is 4.39 Å². The van der Waals surface area contributed by atoms with Crippen LogP contribution < -0.4 is 5.73 Å². The van der Waals surface area contributed by atoms with Crippen molar-refractivity contribution >= 4 is 27.2 Å². The van der Waals surface area contributed by atoms with Crippen LogP contribution in [0.1, 0.15) is 32.8 Å². The summed E-state index contributed by atoms with van der Waals surface area (Å²) in [6, 6.07) is 3.59. The molecule has 0 bridgehead atoms. The first-order chi connectivity index (χ1) is 9.23. The van der Waals surface area contributed by atoms with Crippen molar-refractivity contribution in [1.82, 2.24) is 4.31 Å².